The molecule has 1 saturated heterocycles. The molecule has 1 fully saturated rings. The van der Waals surface area contributed by atoms with E-state index in [1.807, 2.05) is 0 Å². The maximum atomic E-state index is 12.9. The molecule has 1 aliphatic heterocycles. The SMILES string of the molecule is N#Cc1cccnc1OC1CCN(C(=O)Cc2ccc(F)cc2)CC1. The summed E-state index contributed by atoms with van der Waals surface area (Å²) < 4.78 is 18.7. The Bertz CT molecular complexity index is 778. The van der Waals surface area contributed by atoms with Crippen molar-refractivity contribution in [3.8, 4) is 11.9 Å². The Balaban J connectivity index is 1.52. The Kier molecular flexibility index (Phi) is 5.24. The molecule has 0 spiro atoms. The summed E-state index contributed by atoms with van der Waals surface area (Å²) in [6.07, 6.45) is 3.19. The van der Waals surface area contributed by atoms with Crippen molar-refractivity contribution in [1.82, 2.24) is 9.88 Å². The van der Waals surface area contributed by atoms with E-state index < -0.39 is 0 Å². The number of benzene rings is 1. The summed E-state index contributed by atoms with van der Waals surface area (Å²) in [5, 5.41) is 9.07. The molecule has 0 N–H and O–H groups in total. The average molecular weight is 339 g/mol. The molecular formula is C19H18FN3O2. The molecule has 2 aromatic rings. The number of carbonyl (C=O) groups is 1. The van der Waals surface area contributed by atoms with Crippen molar-refractivity contribution in [1.29, 1.82) is 5.26 Å². The number of piperidine rings is 1. The summed E-state index contributed by atoms with van der Waals surface area (Å²) in [7, 11) is 0. The van der Waals surface area contributed by atoms with Crippen molar-refractivity contribution in [2.24, 2.45) is 0 Å². The summed E-state index contributed by atoms with van der Waals surface area (Å²) in [5.74, 6) is 0.0714. The average Bonchev–Trinajstić information content (AvgIpc) is 2.64. The number of pyridine rings is 1. The molecule has 0 radical (unpaired) electrons. The van der Waals surface area contributed by atoms with Crippen LogP contribution in [0.25, 0.3) is 0 Å². The van der Waals surface area contributed by atoms with Gasteiger partial charge >= 0.3 is 0 Å². The van der Waals surface area contributed by atoms with Gasteiger partial charge in [0.25, 0.3) is 0 Å². The van der Waals surface area contributed by atoms with Crippen molar-refractivity contribution in [3.05, 3.63) is 59.5 Å². The maximum Gasteiger partial charge on any atom is 0.231 e. The zero-order valence-electron chi connectivity index (χ0n) is 13.7. The molecule has 1 aromatic heterocycles. The van der Waals surface area contributed by atoms with Gasteiger partial charge in [0, 0.05) is 32.1 Å². The first kappa shape index (κ1) is 16.9. The van der Waals surface area contributed by atoms with Crippen LogP contribution in [-0.4, -0.2) is 35.0 Å². The van der Waals surface area contributed by atoms with Crippen LogP contribution in [0.1, 0.15) is 24.0 Å². The lowest BCUT2D eigenvalue weighted by atomic mass is 10.1. The van der Waals surface area contributed by atoms with Crippen LogP contribution in [0, 0.1) is 17.1 Å². The van der Waals surface area contributed by atoms with Gasteiger partial charge in [-0.2, -0.15) is 5.26 Å². The first-order valence-corrected chi connectivity index (χ1v) is 8.19. The number of nitriles is 1. The van der Waals surface area contributed by atoms with E-state index >= 15 is 0 Å². The third-order valence-corrected chi connectivity index (χ3v) is 4.23. The molecule has 25 heavy (non-hydrogen) atoms. The molecule has 0 atom stereocenters. The van der Waals surface area contributed by atoms with Gasteiger partial charge in [-0.15, -0.1) is 0 Å². The molecule has 0 aliphatic carbocycles. The monoisotopic (exact) mass is 339 g/mol. The van der Waals surface area contributed by atoms with E-state index in [0.717, 1.165) is 5.56 Å². The highest BCUT2D eigenvalue weighted by atomic mass is 19.1. The number of aromatic nitrogens is 1. The van der Waals surface area contributed by atoms with Crippen molar-refractivity contribution in [2.45, 2.75) is 25.4 Å². The third-order valence-electron chi connectivity index (χ3n) is 4.23. The topological polar surface area (TPSA) is 66.2 Å². The van der Waals surface area contributed by atoms with Gasteiger partial charge in [-0.25, -0.2) is 9.37 Å². The molecule has 6 heteroatoms. The zero-order chi connectivity index (χ0) is 17.6. The predicted octanol–water partition coefficient (Wildman–Crippen LogP) is 2.70. The van der Waals surface area contributed by atoms with Crippen LogP contribution in [0.3, 0.4) is 0 Å². The first-order valence-electron chi connectivity index (χ1n) is 8.19. The maximum absolute atomic E-state index is 12.9. The van der Waals surface area contributed by atoms with E-state index in [0.29, 0.717) is 37.4 Å². The van der Waals surface area contributed by atoms with Gasteiger partial charge in [-0.1, -0.05) is 12.1 Å². The highest BCUT2D eigenvalue weighted by Crippen LogP contribution is 2.20. The molecule has 128 valence electrons. The zero-order valence-corrected chi connectivity index (χ0v) is 13.7. The molecule has 2 heterocycles. The Hall–Kier alpha value is -2.94. The van der Waals surface area contributed by atoms with E-state index in [4.69, 9.17) is 10.00 Å². The van der Waals surface area contributed by atoms with E-state index in [2.05, 4.69) is 11.1 Å². The van der Waals surface area contributed by atoms with E-state index in [-0.39, 0.29) is 24.2 Å². The minimum absolute atomic E-state index is 0.0283. The van der Waals surface area contributed by atoms with Gasteiger partial charge in [-0.3, -0.25) is 4.79 Å². The van der Waals surface area contributed by atoms with Crippen molar-refractivity contribution in [2.75, 3.05) is 13.1 Å². The lowest BCUT2D eigenvalue weighted by Crippen LogP contribution is -2.42. The van der Waals surface area contributed by atoms with Gasteiger partial charge in [0.2, 0.25) is 11.8 Å². The molecule has 3 rings (SSSR count). The highest BCUT2D eigenvalue weighted by Gasteiger charge is 2.24. The molecular weight excluding hydrogens is 321 g/mol. The summed E-state index contributed by atoms with van der Waals surface area (Å²) in [6.45, 7) is 1.19. The number of rotatable bonds is 4. The van der Waals surface area contributed by atoms with Crippen LogP contribution in [0.15, 0.2) is 42.6 Å². The second-order valence-electron chi connectivity index (χ2n) is 5.97. The number of hydrogen-bond acceptors (Lipinski definition) is 4. The molecule has 5 nitrogen and oxygen atoms in total. The number of nitrogens with zero attached hydrogens (tertiary/aromatic N) is 3. The largest absolute Gasteiger partial charge is 0.473 e. The van der Waals surface area contributed by atoms with Gasteiger partial charge in [0.1, 0.15) is 23.6 Å². The van der Waals surface area contributed by atoms with E-state index in [1.54, 1.807) is 35.4 Å². The number of amides is 1. The minimum atomic E-state index is -0.305. The molecule has 0 saturated carbocycles. The fourth-order valence-corrected chi connectivity index (χ4v) is 2.84. The van der Waals surface area contributed by atoms with Crippen LogP contribution in [0.5, 0.6) is 5.88 Å². The molecule has 0 unspecified atom stereocenters. The van der Waals surface area contributed by atoms with Crippen LogP contribution in [0.4, 0.5) is 4.39 Å². The second-order valence-corrected chi connectivity index (χ2v) is 5.97. The molecule has 1 aliphatic rings. The molecule has 0 bridgehead atoms. The Morgan fingerprint density at radius 2 is 2.00 bits per heavy atom. The summed E-state index contributed by atoms with van der Waals surface area (Å²) >= 11 is 0. The Morgan fingerprint density at radius 3 is 2.68 bits per heavy atom. The predicted molar refractivity (Wildman–Crippen MR) is 89.3 cm³/mol. The van der Waals surface area contributed by atoms with Crippen LogP contribution in [-0.2, 0) is 11.2 Å². The quantitative estimate of drug-likeness (QED) is 0.859. The standard InChI is InChI=1S/C19H18FN3O2/c20-16-5-3-14(4-6-16)12-18(24)23-10-7-17(8-11-23)25-19-15(13-21)2-1-9-22-19/h1-6,9,17H,7-8,10-12H2. The third kappa shape index (κ3) is 4.32. The van der Waals surface area contributed by atoms with Gasteiger partial charge in [0.15, 0.2) is 0 Å². The van der Waals surface area contributed by atoms with Crippen molar-refractivity contribution in [3.63, 3.8) is 0 Å². The Morgan fingerprint density at radius 1 is 1.28 bits per heavy atom. The van der Waals surface area contributed by atoms with Gasteiger partial charge in [0.05, 0.1) is 6.42 Å². The van der Waals surface area contributed by atoms with E-state index in [9.17, 15) is 9.18 Å². The number of likely N-dealkylation sites (tertiary alicyclic amines) is 1. The normalized spacial score (nSPS) is 14.8. The summed E-state index contributed by atoms with van der Waals surface area (Å²) in [5.41, 5.74) is 1.22. The van der Waals surface area contributed by atoms with Gasteiger partial charge < -0.3 is 9.64 Å². The molecule has 1 aromatic carbocycles. The molecule has 1 amide bonds. The van der Waals surface area contributed by atoms with Crippen molar-refractivity contribution >= 4 is 5.91 Å². The number of carbonyl (C=O) groups excluding carboxylic acids is 1. The lowest BCUT2D eigenvalue weighted by Gasteiger charge is -2.32. The van der Waals surface area contributed by atoms with Crippen LogP contribution in [0.2, 0.25) is 0 Å². The minimum Gasteiger partial charge on any atom is -0.473 e. The smallest absolute Gasteiger partial charge is 0.231 e. The van der Waals surface area contributed by atoms with Crippen molar-refractivity contribution < 1.29 is 13.9 Å². The lowest BCUT2D eigenvalue weighted by molar-refractivity contribution is -0.132. The second kappa shape index (κ2) is 7.75. The first-order chi connectivity index (χ1) is 12.2. The fraction of sp³-hybridized carbons (Fsp3) is 0.316. The number of halogens is 1. The highest BCUT2D eigenvalue weighted by molar-refractivity contribution is 5.78. The van der Waals surface area contributed by atoms with E-state index in [1.165, 1.54) is 12.1 Å². The summed E-state index contributed by atoms with van der Waals surface area (Å²) in [4.78, 5) is 18.3. The number of hydrogen-bond donors (Lipinski definition) is 0. The number of ether oxygens (including phenoxy) is 1. The summed E-state index contributed by atoms with van der Waals surface area (Å²) in [6, 6.07) is 11.4. The van der Waals surface area contributed by atoms with Crippen LogP contribution < -0.4 is 4.74 Å². The Labute approximate surface area is 145 Å². The fourth-order valence-electron chi connectivity index (χ4n) is 2.84. The van der Waals surface area contributed by atoms with Crippen LogP contribution >= 0.6 is 0 Å². The van der Waals surface area contributed by atoms with Gasteiger partial charge in [-0.05, 0) is 29.8 Å².